The predicted molar refractivity (Wildman–Crippen MR) is 104 cm³/mol. The molecule has 1 fully saturated rings. The Hall–Kier alpha value is -2.51. The molecule has 1 saturated heterocycles. The molecule has 2 aromatic heterocycles. The normalized spacial score (nSPS) is 18.0. The number of aryl methyl sites for hydroxylation is 1. The minimum atomic E-state index is -3.44. The molecule has 0 saturated carbocycles. The highest BCUT2D eigenvalue weighted by atomic mass is 32.2. The van der Waals surface area contributed by atoms with Gasteiger partial charge < -0.3 is 4.74 Å². The first-order valence-corrected chi connectivity index (χ1v) is 10.5. The molecular formula is C20H21N3O3S. The van der Waals surface area contributed by atoms with Crippen LogP contribution in [0.4, 0.5) is 0 Å². The first-order valence-electron chi connectivity index (χ1n) is 8.91. The fraction of sp³-hybridized carbons (Fsp3) is 0.300. The van der Waals surface area contributed by atoms with E-state index in [4.69, 9.17) is 4.74 Å². The van der Waals surface area contributed by atoms with E-state index < -0.39 is 10.0 Å². The maximum Gasteiger partial charge on any atom is 0.218 e. The number of hydrogen-bond donors (Lipinski definition) is 0. The number of nitrogens with zero attached hydrogens (tertiary/aromatic N) is 3. The molecule has 3 aromatic rings. The second kappa shape index (κ2) is 7.25. The Morgan fingerprint density at radius 3 is 2.81 bits per heavy atom. The van der Waals surface area contributed by atoms with E-state index in [1.807, 2.05) is 49.4 Å². The van der Waals surface area contributed by atoms with Crippen molar-refractivity contribution in [2.24, 2.45) is 0 Å². The van der Waals surface area contributed by atoms with Crippen LogP contribution in [0.5, 0.6) is 5.75 Å². The van der Waals surface area contributed by atoms with Crippen molar-refractivity contribution < 1.29 is 13.2 Å². The van der Waals surface area contributed by atoms with Gasteiger partial charge in [0, 0.05) is 23.8 Å². The number of rotatable bonds is 5. The summed E-state index contributed by atoms with van der Waals surface area (Å²) in [5, 5.41) is 0.944. The summed E-state index contributed by atoms with van der Waals surface area (Å²) in [6.07, 6.45) is 3.87. The van der Waals surface area contributed by atoms with Gasteiger partial charge in [-0.25, -0.2) is 8.42 Å². The molecule has 27 heavy (non-hydrogen) atoms. The van der Waals surface area contributed by atoms with Crippen molar-refractivity contribution in [3.8, 4) is 5.75 Å². The molecule has 1 aromatic carbocycles. The van der Waals surface area contributed by atoms with Gasteiger partial charge in [-0.3, -0.25) is 9.97 Å². The average molecular weight is 383 g/mol. The van der Waals surface area contributed by atoms with Crippen LogP contribution in [-0.2, 0) is 15.8 Å². The van der Waals surface area contributed by atoms with E-state index in [2.05, 4.69) is 9.97 Å². The van der Waals surface area contributed by atoms with E-state index in [9.17, 15) is 8.42 Å². The Morgan fingerprint density at radius 1 is 1.15 bits per heavy atom. The van der Waals surface area contributed by atoms with Crippen LogP contribution < -0.4 is 4.74 Å². The molecule has 3 heterocycles. The molecule has 6 nitrogen and oxygen atoms in total. The lowest BCUT2D eigenvalue weighted by Crippen LogP contribution is -2.32. The average Bonchev–Trinajstić information content (AvgIpc) is 3.13. The fourth-order valence-electron chi connectivity index (χ4n) is 3.33. The number of ether oxygens (including phenoxy) is 1. The quantitative estimate of drug-likeness (QED) is 0.677. The summed E-state index contributed by atoms with van der Waals surface area (Å²) >= 11 is 0. The van der Waals surface area contributed by atoms with Gasteiger partial charge in [0.05, 0.1) is 24.0 Å². The Morgan fingerprint density at radius 2 is 2.00 bits per heavy atom. The summed E-state index contributed by atoms with van der Waals surface area (Å²) in [6, 6.07) is 13.2. The summed E-state index contributed by atoms with van der Waals surface area (Å²) in [5.74, 6) is 0.614. The van der Waals surface area contributed by atoms with Crippen LogP contribution in [0.15, 0.2) is 54.9 Å². The second-order valence-corrected chi connectivity index (χ2v) is 8.74. The number of fused-ring (bicyclic) bond motifs is 1. The summed E-state index contributed by atoms with van der Waals surface area (Å²) in [5.41, 5.74) is 2.38. The molecule has 7 heteroatoms. The lowest BCUT2D eigenvalue weighted by Gasteiger charge is -2.17. The third-order valence-electron chi connectivity index (χ3n) is 4.74. The summed E-state index contributed by atoms with van der Waals surface area (Å²) in [6.45, 7) is 2.73. The van der Waals surface area contributed by atoms with Gasteiger partial charge in [-0.1, -0.05) is 24.3 Å². The van der Waals surface area contributed by atoms with Crippen molar-refractivity contribution in [2.75, 3.05) is 13.1 Å². The SMILES string of the molecule is Cc1ccc(O[C@H]2CCN(S(=O)(=O)Cc3cccc4cccnc34)C2)cn1. The van der Waals surface area contributed by atoms with Gasteiger partial charge in [0.2, 0.25) is 10.0 Å². The standard InChI is InChI=1S/C20H21N3O3S/c1-15-7-8-18(12-22-15)26-19-9-11-23(13-19)27(24,25)14-17-5-2-4-16-6-3-10-21-20(16)17/h2-8,10,12,19H,9,11,13-14H2,1H3/t19-/m0/s1. The van der Waals surface area contributed by atoms with Crippen molar-refractivity contribution in [1.82, 2.24) is 14.3 Å². The molecular weight excluding hydrogens is 362 g/mol. The van der Waals surface area contributed by atoms with E-state index in [0.717, 1.165) is 22.2 Å². The topological polar surface area (TPSA) is 72.4 Å². The third kappa shape index (κ3) is 3.94. The maximum atomic E-state index is 12.9. The van der Waals surface area contributed by atoms with Crippen LogP contribution >= 0.6 is 0 Å². The Bertz CT molecular complexity index is 1050. The minimum Gasteiger partial charge on any atom is -0.487 e. The summed E-state index contributed by atoms with van der Waals surface area (Å²) in [7, 11) is -3.44. The largest absolute Gasteiger partial charge is 0.487 e. The number of hydrogen-bond acceptors (Lipinski definition) is 5. The number of benzene rings is 1. The van der Waals surface area contributed by atoms with Gasteiger partial charge in [0.1, 0.15) is 11.9 Å². The molecule has 0 aliphatic carbocycles. The molecule has 1 aliphatic rings. The van der Waals surface area contributed by atoms with E-state index >= 15 is 0 Å². The van der Waals surface area contributed by atoms with Crippen molar-refractivity contribution >= 4 is 20.9 Å². The van der Waals surface area contributed by atoms with Gasteiger partial charge in [0.25, 0.3) is 0 Å². The lowest BCUT2D eigenvalue weighted by atomic mass is 10.1. The Balaban J connectivity index is 1.47. The van der Waals surface area contributed by atoms with Crippen LogP contribution in [0.2, 0.25) is 0 Å². The maximum absolute atomic E-state index is 12.9. The van der Waals surface area contributed by atoms with Crippen molar-refractivity contribution in [3.05, 3.63) is 66.1 Å². The Kier molecular flexibility index (Phi) is 4.80. The van der Waals surface area contributed by atoms with Crippen LogP contribution in [0.1, 0.15) is 17.7 Å². The van der Waals surface area contributed by atoms with Gasteiger partial charge in [0.15, 0.2) is 0 Å². The number of para-hydroxylation sites is 1. The van der Waals surface area contributed by atoms with Gasteiger partial charge in [-0.15, -0.1) is 0 Å². The molecule has 0 amide bonds. The molecule has 1 aliphatic heterocycles. The van der Waals surface area contributed by atoms with E-state index in [1.165, 1.54) is 4.31 Å². The first-order chi connectivity index (χ1) is 13.0. The van der Waals surface area contributed by atoms with Crippen LogP contribution in [0, 0.1) is 6.92 Å². The fourth-order valence-corrected chi connectivity index (χ4v) is 4.92. The van der Waals surface area contributed by atoms with E-state index in [1.54, 1.807) is 12.4 Å². The monoisotopic (exact) mass is 383 g/mol. The third-order valence-corrected chi connectivity index (χ3v) is 6.54. The number of pyridine rings is 2. The molecule has 140 valence electrons. The molecule has 0 bridgehead atoms. The predicted octanol–water partition coefficient (Wildman–Crippen LogP) is 2.92. The minimum absolute atomic E-state index is 0.0554. The highest BCUT2D eigenvalue weighted by molar-refractivity contribution is 7.88. The van der Waals surface area contributed by atoms with Crippen molar-refractivity contribution in [2.45, 2.75) is 25.2 Å². The van der Waals surface area contributed by atoms with E-state index in [-0.39, 0.29) is 11.9 Å². The zero-order valence-electron chi connectivity index (χ0n) is 15.1. The molecule has 1 atom stereocenters. The van der Waals surface area contributed by atoms with Crippen LogP contribution in [0.3, 0.4) is 0 Å². The van der Waals surface area contributed by atoms with Gasteiger partial charge >= 0.3 is 0 Å². The number of aromatic nitrogens is 2. The summed E-state index contributed by atoms with van der Waals surface area (Å²) in [4.78, 5) is 8.57. The van der Waals surface area contributed by atoms with E-state index in [0.29, 0.717) is 25.3 Å². The van der Waals surface area contributed by atoms with Crippen LogP contribution in [-0.4, -0.2) is 41.9 Å². The highest BCUT2D eigenvalue weighted by Crippen LogP contribution is 2.24. The Labute approximate surface area is 158 Å². The van der Waals surface area contributed by atoms with Gasteiger partial charge in [-0.05, 0) is 37.1 Å². The van der Waals surface area contributed by atoms with Crippen molar-refractivity contribution in [1.29, 1.82) is 0 Å². The number of sulfonamides is 1. The molecule has 0 radical (unpaired) electrons. The van der Waals surface area contributed by atoms with Gasteiger partial charge in [-0.2, -0.15) is 4.31 Å². The highest BCUT2D eigenvalue weighted by Gasteiger charge is 2.33. The molecule has 0 N–H and O–H groups in total. The lowest BCUT2D eigenvalue weighted by molar-refractivity contribution is 0.214. The van der Waals surface area contributed by atoms with Crippen molar-refractivity contribution in [3.63, 3.8) is 0 Å². The second-order valence-electron chi connectivity index (χ2n) is 6.77. The molecule has 4 rings (SSSR count). The zero-order valence-corrected chi connectivity index (χ0v) is 15.9. The molecule has 0 unspecified atom stereocenters. The van der Waals surface area contributed by atoms with Crippen LogP contribution in [0.25, 0.3) is 10.9 Å². The first kappa shape index (κ1) is 17.9. The zero-order chi connectivity index (χ0) is 18.9. The summed E-state index contributed by atoms with van der Waals surface area (Å²) < 4.78 is 33.2. The molecule has 0 spiro atoms. The smallest absolute Gasteiger partial charge is 0.218 e.